The van der Waals surface area contributed by atoms with Gasteiger partial charge in [0.1, 0.15) is 0 Å². The molecule has 0 spiro atoms. The third-order valence-corrected chi connectivity index (χ3v) is 4.76. The molecule has 0 heterocycles. The number of nitro benzene ring substituents is 1. The molecule has 1 saturated carbocycles. The molecule has 0 unspecified atom stereocenters. The van der Waals surface area contributed by atoms with Crippen molar-refractivity contribution in [2.24, 2.45) is 5.92 Å². The first-order chi connectivity index (χ1) is 9.70. The highest BCUT2D eigenvalue weighted by atomic mass is 35.7. The first kappa shape index (κ1) is 15.7. The van der Waals surface area contributed by atoms with Gasteiger partial charge in [-0.25, -0.2) is 8.42 Å². The molecule has 21 heavy (non-hydrogen) atoms. The van der Waals surface area contributed by atoms with Crippen LogP contribution < -0.4 is 5.32 Å². The minimum Gasteiger partial charge on any atom is -0.352 e. The molecule has 1 aromatic carbocycles. The summed E-state index contributed by atoms with van der Waals surface area (Å²) < 4.78 is 23.0. The summed E-state index contributed by atoms with van der Waals surface area (Å²) in [6, 6.07) is 1.92. The fourth-order valence-electron chi connectivity index (χ4n) is 1.92. The van der Waals surface area contributed by atoms with Gasteiger partial charge in [-0.15, -0.1) is 0 Å². The van der Waals surface area contributed by atoms with Crippen molar-refractivity contribution in [3.63, 3.8) is 0 Å². The molecule has 1 aliphatic carbocycles. The van der Waals surface area contributed by atoms with Crippen LogP contribution in [0.3, 0.4) is 0 Å². The van der Waals surface area contributed by atoms with Crippen molar-refractivity contribution in [3.8, 4) is 0 Å². The average molecular weight is 333 g/mol. The van der Waals surface area contributed by atoms with Gasteiger partial charge in [-0.1, -0.05) is 0 Å². The largest absolute Gasteiger partial charge is 0.352 e. The van der Waals surface area contributed by atoms with E-state index in [-0.39, 0.29) is 11.1 Å². The molecule has 0 bridgehead atoms. The average Bonchev–Trinajstić information content (AvgIpc) is 3.18. The second-order valence-electron chi connectivity index (χ2n) is 4.96. The Balaban J connectivity index is 2.44. The first-order valence-corrected chi connectivity index (χ1v) is 8.53. The Kier molecular flexibility index (Phi) is 4.20. The molecule has 0 atom stereocenters. The Morgan fingerprint density at radius 3 is 2.57 bits per heavy atom. The predicted molar refractivity (Wildman–Crippen MR) is 75.9 cm³/mol. The summed E-state index contributed by atoms with van der Waals surface area (Å²) in [5.74, 6) is -0.103. The Bertz CT molecular complexity index is 713. The van der Waals surface area contributed by atoms with E-state index in [1.54, 1.807) is 0 Å². The molecule has 9 heteroatoms. The van der Waals surface area contributed by atoms with Gasteiger partial charge in [-0.2, -0.15) is 0 Å². The maximum Gasteiger partial charge on any atom is 0.271 e. The zero-order valence-corrected chi connectivity index (χ0v) is 12.7. The van der Waals surface area contributed by atoms with E-state index in [4.69, 9.17) is 10.7 Å². The molecule has 1 aliphatic rings. The van der Waals surface area contributed by atoms with E-state index >= 15 is 0 Å². The van der Waals surface area contributed by atoms with Crippen LogP contribution >= 0.6 is 10.7 Å². The fourth-order valence-corrected chi connectivity index (χ4v) is 3.14. The summed E-state index contributed by atoms with van der Waals surface area (Å²) in [7, 11) is 1.10. The number of amides is 1. The van der Waals surface area contributed by atoms with Crippen LogP contribution in [-0.2, 0) is 9.05 Å². The normalized spacial score (nSPS) is 14.8. The Hall–Kier alpha value is -1.67. The lowest BCUT2D eigenvalue weighted by atomic mass is 10.1. The second-order valence-corrected chi connectivity index (χ2v) is 7.50. The number of halogens is 1. The molecule has 114 valence electrons. The highest BCUT2D eigenvalue weighted by molar-refractivity contribution is 8.13. The summed E-state index contributed by atoms with van der Waals surface area (Å²) >= 11 is 0. The molecule has 7 nitrogen and oxygen atoms in total. The van der Waals surface area contributed by atoms with E-state index in [2.05, 4.69) is 5.32 Å². The van der Waals surface area contributed by atoms with Gasteiger partial charge in [0.25, 0.3) is 20.6 Å². The van der Waals surface area contributed by atoms with E-state index in [0.29, 0.717) is 12.5 Å². The highest BCUT2D eigenvalue weighted by Crippen LogP contribution is 2.29. The number of hydrogen-bond acceptors (Lipinski definition) is 5. The number of nitrogens with zero attached hydrogens (tertiary/aromatic N) is 1. The van der Waals surface area contributed by atoms with Gasteiger partial charge in [-0.05, 0) is 31.2 Å². The maximum atomic E-state index is 12.1. The summed E-state index contributed by atoms with van der Waals surface area (Å²) in [5.41, 5.74) is -0.440. The number of carbonyl (C=O) groups excluding carboxylic acids is 1. The number of rotatable bonds is 5. The minimum absolute atomic E-state index is 0.0518. The smallest absolute Gasteiger partial charge is 0.271 e. The van der Waals surface area contributed by atoms with E-state index in [1.807, 2.05) is 0 Å². The Labute approximate surface area is 125 Å². The third kappa shape index (κ3) is 3.70. The van der Waals surface area contributed by atoms with Gasteiger partial charge in [0, 0.05) is 29.4 Å². The second kappa shape index (κ2) is 5.61. The summed E-state index contributed by atoms with van der Waals surface area (Å²) in [5, 5.41) is 13.5. The van der Waals surface area contributed by atoms with Crippen molar-refractivity contribution in [1.82, 2.24) is 5.32 Å². The predicted octanol–water partition coefficient (Wildman–Crippen LogP) is 1.97. The first-order valence-electron chi connectivity index (χ1n) is 6.22. The van der Waals surface area contributed by atoms with Crippen LogP contribution in [0.15, 0.2) is 17.0 Å². The molecule has 0 aliphatic heterocycles. The summed E-state index contributed by atoms with van der Waals surface area (Å²) in [4.78, 5) is 21.8. The molecular weight excluding hydrogens is 320 g/mol. The number of hydrogen-bond donors (Lipinski definition) is 1. The number of carbonyl (C=O) groups is 1. The quantitative estimate of drug-likeness (QED) is 0.504. The number of nitro groups is 1. The van der Waals surface area contributed by atoms with Crippen LogP contribution in [0.2, 0.25) is 0 Å². The van der Waals surface area contributed by atoms with Crippen LogP contribution in [0.5, 0.6) is 0 Å². The zero-order valence-electron chi connectivity index (χ0n) is 11.1. The SMILES string of the molecule is Cc1c(C(=O)NCC2CC2)cc([N+](=O)[O-])cc1S(=O)(=O)Cl. The number of nitrogens with one attached hydrogen (secondary N) is 1. The van der Waals surface area contributed by atoms with E-state index in [1.165, 1.54) is 6.92 Å². The lowest BCUT2D eigenvalue weighted by Gasteiger charge is -2.10. The van der Waals surface area contributed by atoms with Gasteiger partial charge in [0.2, 0.25) is 0 Å². The zero-order chi connectivity index (χ0) is 15.8. The monoisotopic (exact) mass is 332 g/mol. The minimum atomic E-state index is -4.18. The van der Waals surface area contributed by atoms with Crippen molar-refractivity contribution in [2.75, 3.05) is 6.54 Å². The van der Waals surface area contributed by atoms with Gasteiger partial charge < -0.3 is 5.32 Å². The van der Waals surface area contributed by atoms with Crippen molar-refractivity contribution in [3.05, 3.63) is 33.4 Å². The topological polar surface area (TPSA) is 106 Å². The molecule has 1 aromatic rings. The van der Waals surface area contributed by atoms with Crippen LogP contribution in [0, 0.1) is 23.0 Å². The molecule has 1 fully saturated rings. The van der Waals surface area contributed by atoms with E-state index in [0.717, 1.165) is 25.0 Å². The third-order valence-electron chi connectivity index (χ3n) is 3.31. The Morgan fingerprint density at radius 2 is 2.10 bits per heavy atom. The number of benzene rings is 1. The van der Waals surface area contributed by atoms with E-state index < -0.39 is 30.5 Å². The van der Waals surface area contributed by atoms with E-state index in [9.17, 15) is 23.3 Å². The summed E-state index contributed by atoms with van der Waals surface area (Å²) in [6.45, 7) is 1.87. The van der Waals surface area contributed by atoms with Crippen LogP contribution in [0.1, 0.15) is 28.8 Å². The molecule has 2 rings (SSSR count). The van der Waals surface area contributed by atoms with Crippen LogP contribution in [-0.4, -0.2) is 25.8 Å². The molecule has 0 aromatic heterocycles. The fraction of sp³-hybridized carbons (Fsp3) is 0.417. The van der Waals surface area contributed by atoms with Crippen LogP contribution in [0.25, 0.3) is 0 Å². The van der Waals surface area contributed by atoms with Crippen molar-refractivity contribution in [1.29, 1.82) is 0 Å². The molecule has 0 saturated heterocycles. The summed E-state index contributed by atoms with van der Waals surface area (Å²) in [6.07, 6.45) is 2.07. The lowest BCUT2D eigenvalue weighted by Crippen LogP contribution is -2.26. The highest BCUT2D eigenvalue weighted by Gasteiger charge is 2.26. The van der Waals surface area contributed by atoms with Gasteiger partial charge in [0.05, 0.1) is 15.4 Å². The van der Waals surface area contributed by atoms with Gasteiger partial charge >= 0.3 is 0 Å². The lowest BCUT2D eigenvalue weighted by molar-refractivity contribution is -0.385. The standard InChI is InChI=1S/C12H13ClN2O5S/c1-7-10(12(16)14-6-8-2-3-8)4-9(15(17)18)5-11(7)21(13,19)20/h4-5,8H,2-3,6H2,1H3,(H,14,16). The van der Waals surface area contributed by atoms with Crippen LogP contribution in [0.4, 0.5) is 5.69 Å². The molecule has 0 radical (unpaired) electrons. The van der Waals surface area contributed by atoms with Crippen molar-refractivity contribution in [2.45, 2.75) is 24.7 Å². The van der Waals surface area contributed by atoms with Crippen molar-refractivity contribution < 1.29 is 18.1 Å². The van der Waals surface area contributed by atoms with Gasteiger partial charge in [-0.3, -0.25) is 14.9 Å². The Morgan fingerprint density at radius 1 is 1.48 bits per heavy atom. The number of non-ortho nitro benzene ring substituents is 1. The van der Waals surface area contributed by atoms with Gasteiger partial charge in [0.15, 0.2) is 0 Å². The molecule has 1 amide bonds. The molecular formula is C12H13ClN2O5S. The maximum absolute atomic E-state index is 12.1. The molecule has 1 N–H and O–H groups in total. The van der Waals surface area contributed by atoms with Crippen molar-refractivity contribution >= 4 is 31.3 Å².